The Morgan fingerprint density at radius 2 is 2.37 bits per heavy atom. The van der Waals surface area contributed by atoms with Crippen molar-refractivity contribution < 1.29 is 4.74 Å². The molecular weight excluding hydrogens is 280 g/mol. The Hall–Kier alpha value is -1.10. The number of likely N-dealkylation sites (N-methyl/N-ethyl adjacent to an activating group) is 1. The first-order valence-corrected chi connectivity index (χ1v) is 7.53. The lowest BCUT2D eigenvalue weighted by Crippen LogP contribution is -2.36. The van der Waals surface area contributed by atoms with E-state index in [1.54, 1.807) is 11.3 Å². The summed E-state index contributed by atoms with van der Waals surface area (Å²) in [5.41, 5.74) is 1.86. The van der Waals surface area contributed by atoms with E-state index < -0.39 is 0 Å². The van der Waals surface area contributed by atoms with Crippen LogP contribution in [0, 0.1) is 0 Å². The van der Waals surface area contributed by atoms with Gasteiger partial charge in [-0.05, 0) is 24.7 Å². The van der Waals surface area contributed by atoms with Crippen molar-refractivity contribution in [3.63, 3.8) is 0 Å². The summed E-state index contributed by atoms with van der Waals surface area (Å²) >= 11 is 7.61. The molecule has 5 heteroatoms. The third-order valence-electron chi connectivity index (χ3n) is 2.67. The summed E-state index contributed by atoms with van der Waals surface area (Å²) in [5.74, 6) is 0.805. The molecule has 3 nitrogen and oxygen atoms in total. The largest absolute Gasteiger partial charge is 0.492 e. The fourth-order valence-corrected chi connectivity index (χ4v) is 2.67. The van der Waals surface area contributed by atoms with Gasteiger partial charge < -0.3 is 10.1 Å². The summed E-state index contributed by atoms with van der Waals surface area (Å²) in [6.45, 7) is 3.63. The first kappa shape index (κ1) is 14.3. The highest BCUT2D eigenvalue weighted by molar-refractivity contribution is 7.09. The molecule has 2 rings (SSSR count). The van der Waals surface area contributed by atoms with Crippen LogP contribution in [-0.2, 0) is 6.42 Å². The molecule has 0 aliphatic heterocycles. The zero-order valence-electron chi connectivity index (χ0n) is 10.8. The van der Waals surface area contributed by atoms with E-state index in [2.05, 4.69) is 17.2 Å². The van der Waals surface area contributed by atoms with Gasteiger partial charge in [0.1, 0.15) is 12.4 Å². The van der Waals surface area contributed by atoms with Crippen LogP contribution in [0.15, 0.2) is 36.0 Å². The fourth-order valence-electron chi connectivity index (χ4n) is 1.82. The van der Waals surface area contributed by atoms with Crippen molar-refractivity contribution in [2.24, 2.45) is 0 Å². The third-order valence-corrected chi connectivity index (χ3v) is 3.71. The molecule has 1 aromatic heterocycles. The molecule has 0 saturated carbocycles. The van der Waals surface area contributed by atoms with Crippen LogP contribution >= 0.6 is 22.9 Å². The van der Waals surface area contributed by atoms with E-state index >= 15 is 0 Å². The van der Waals surface area contributed by atoms with Crippen LogP contribution in [0.25, 0.3) is 0 Å². The Morgan fingerprint density at radius 1 is 1.47 bits per heavy atom. The first-order chi connectivity index (χ1) is 9.28. The van der Waals surface area contributed by atoms with Crippen LogP contribution in [0.2, 0.25) is 5.02 Å². The number of hydrogen-bond acceptors (Lipinski definition) is 4. The van der Waals surface area contributed by atoms with Crippen molar-refractivity contribution in [3.8, 4) is 5.75 Å². The summed E-state index contributed by atoms with van der Waals surface area (Å²) in [5, 5.41) is 4.12. The lowest BCUT2D eigenvalue weighted by atomic mass is 10.2. The van der Waals surface area contributed by atoms with Crippen molar-refractivity contribution in [3.05, 3.63) is 45.9 Å². The van der Waals surface area contributed by atoms with Crippen LogP contribution in [0.3, 0.4) is 0 Å². The third kappa shape index (κ3) is 4.82. The maximum absolute atomic E-state index is 5.93. The van der Waals surface area contributed by atoms with E-state index in [4.69, 9.17) is 16.3 Å². The maximum Gasteiger partial charge on any atom is 0.120 e. The molecule has 0 radical (unpaired) electrons. The molecule has 0 spiro atoms. The monoisotopic (exact) mass is 296 g/mol. The topological polar surface area (TPSA) is 34.1 Å². The minimum Gasteiger partial charge on any atom is -0.492 e. The Balaban J connectivity index is 1.89. The Labute approximate surface area is 122 Å². The van der Waals surface area contributed by atoms with Gasteiger partial charge >= 0.3 is 0 Å². The number of halogens is 1. The van der Waals surface area contributed by atoms with Gasteiger partial charge in [0.05, 0.1) is 5.51 Å². The van der Waals surface area contributed by atoms with Crippen LogP contribution in [0.4, 0.5) is 0 Å². The van der Waals surface area contributed by atoms with Gasteiger partial charge in [-0.2, -0.15) is 0 Å². The molecule has 19 heavy (non-hydrogen) atoms. The number of ether oxygens (including phenoxy) is 1. The average molecular weight is 297 g/mol. The highest BCUT2D eigenvalue weighted by atomic mass is 35.5. The molecule has 0 fully saturated rings. The number of benzene rings is 1. The van der Waals surface area contributed by atoms with Gasteiger partial charge in [-0.25, -0.2) is 0 Å². The highest BCUT2D eigenvalue weighted by Crippen LogP contribution is 2.17. The molecule has 0 aliphatic rings. The standard InChI is InChI=1S/C14H17ClN2OS/c1-2-17-12(7-14-8-16-10-19-14)9-18-13-5-3-4-11(15)6-13/h3-6,8,10,12,17H,2,7,9H2,1H3. The van der Waals surface area contributed by atoms with E-state index in [9.17, 15) is 0 Å². The van der Waals surface area contributed by atoms with E-state index in [-0.39, 0.29) is 6.04 Å². The lowest BCUT2D eigenvalue weighted by Gasteiger charge is -2.17. The van der Waals surface area contributed by atoms with Crippen molar-refractivity contribution in [2.45, 2.75) is 19.4 Å². The molecule has 1 heterocycles. The zero-order valence-corrected chi connectivity index (χ0v) is 12.4. The van der Waals surface area contributed by atoms with Crippen LogP contribution in [0.5, 0.6) is 5.75 Å². The Kier molecular flexibility index (Phi) is 5.63. The number of hydrogen-bond donors (Lipinski definition) is 1. The summed E-state index contributed by atoms with van der Waals surface area (Å²) in [6.07, 6.45) is 2.84. The van der Waals surface area contributed by atoms with E-state index in [1.165, 1.54) is 4.88 Å². The van der Waals surface area contributed by atoms with Gasteiger partial charge in [0, 0.05) is 28.6 Å². The van der Waals surface area contributed by atoms with Crippen LogP contribution in [0.1, 0.15) is 11.8 Å². The Bertz CT molecular complexity index is 490. The molecular formula is C14H17ClN2OS. The molecule has 0 saturated heterocycles. The zero-order chi connectivity index (χ0) is 13.5. The van der Waals surface area contributed by atoms with Gasteiger partial charge in [0.2, 0.25) is 0 Å². The average Bonchev–Trinajstić information content (AvgIpc) is 2.89. The van der Waals surface area contributed by atoms with Crippen molar-refractivity contribution in [2.75, 3.05) is 13.2 Å². The highest BCUT2D eigenvalue weighted by Gasteiger charge is 2.10. The summed E-state index contributed by atoms with van der Waals surface area (Å²) in [6, 6.07) is 7.76. The number of rotatable bonds is 7. The van der Waals surface area contributed by atoms with Crippen LogP contribution in [-0.4, -0.2) is 24.2 Å². The summed E-state index contributed by atoms with van der Waals surface area (Å²) < 4.78 is 5.79. The molecule has 0 aliphatic carbocycles. The van der Waals surface area contributed by atoms with Crippen molar-refractivity contribution >= 4 is 22.9 Å². The second-order valence-electron chi connectivity index (χ2n) is 4.19. The molecule has 2 aromatic rings. The predicted molar refractivity (Wildman–Crippen MR) is 80.2 cm³/mol. The number of thiazole rings is 1. The normalized spacial score (nSPS) is 12.3. The molecule has 1 atom stereocenters. The Morgan fingerprint density at radius 3 is 3.05 bits per heavy atom. The van der Waals surface area contributed by atoms with E-state index in [1.807, 2.05) is 36.0 Å². The van der Waals surface area contributed by atoms with Gasteiger partial charge in [-0.3, -0.25) is 4.98 Å². The summed E-state index contributed by atoms with van der Waals surface area (Å²) in [7, 11) is 0. The van der Waals surface area contributed by atoms with Gasteiger partial charge in [0.25, 0.3) is 0 Å². The second-order valence-corrected chi connectivity index (χ2v) is 5.60. The smallest absolute Gasteiger partial charge is 0.120 e. The van der Waals surface area contributed by atoms with Crippen molar-refractivity contribution in [1.29, 1.82) is 0 Å². The van der Waals surface area contributed by atoms with E-state index in [0.29, 0.717) is 11.6 Å². The lowest BCUT2D eigenvalue weighted by molar-refractivity contribution is 0.265. The SMILES string of the molecule is CCNC(COc1cccc(Cl)c1)Cc1cncs1. The van der Waals surface area contributed by atoms with Gasteiger partial charge in [-0.15, -0.1) is 11.3 Å². The number of nitrogens with one attached hydrogen (secondary N) is 1. The minimum absolute atomic E-state index is 0.282. The predicted octanol–water partition coefficient (Wildman–Crippen LogP) is 3.40. The van der Waals surface area contributed by atoms with Crippen molar-refractivity contribution in [1.82, 2.24) is 10.3 Å². The van der Waals surface area contributed by atoms with Gasteiger partial charge in [0.15, 0.2) is 0 Å². The quantitative estimate of drug-likeness (QED) is 0.850. The molecule has 1 unspecified atom stereocenters. The molecule has 1 N–H and O–H groups in total. The summed E-state index contributed by atoms with van der Waals surface area (Å²) in [4.78, 5) is 5.36. The van der Waals surface area contributed by atoms with Crippen LogP contribution < -0.4 is 10.1 Å². The molecule has 1 aromatic carbocycles. The molecule has 0 bridgehead atoms. The minimum atomic E-state index is 0.282. The fraction of sp³-hybridized carbons (Fsp3) is 0.357. The maximum atomic E-state index is 5.93. The van der Waals surface area contributed by atoms with Gasteiger partial charge in [-0.1, -0.05) is 24.6 Å². The van der Waals surface area contributed by atoms with E-state index in [0.717, 1.165) is 18.7 Å². The first-order valence-electron chi connectivity index (χ1n) is 6.27. The number of aromatic nitrogens is 1. The molecule has 0 amide bonds. The number of nitrogens with zero attached hydrogens (tertiary/aromatic N) is 1. The second kappa shape index (κ2) is 7.48. The molecule has 102 valence electrons.